The molecular formula is C17H26ClNO. The molecule has 4 aliphatic carbocycles. The van der Waals surface area contributed by atoms with Crippen LogP contribution in [0.5, 0.6) is 0 Å². The first-order chi connectivity index (χ1) is 9.59. The first-order valence-corrected chi connectivity index (χ1v) is 8.95. The van der Waals surface area contributed by atoms with Crippen molar-refractivity contribution < 1.29 is 4.79 Å². The lowest BCUT2D eigenvalue weighted by Gasteiger charge is -2.59. The topological polar surface area (TPSA) is 20.3 Å². The quantitative estimate of drug-likeness (QED) is 0.670. The van der Waals surface area contributed by atoms with Crippen molar-refractivity contribution in [3.8, 4) is 0 Å². The van der Waals surface area contributed by atoms with E-state index < -0.39 is 0 Å². The number of hydrogen-bond acceptors (Lipinski definition) is 1. The van der Waals surface area contributed by atoms with Crippen LogP contribution in [0.15, 0.2) is 0 Å². The van der Waals surface area contributed by atoms with Crippen molar-refractivity contribution in [1.82, 2.24) is 4.90 Å². The zero-order valence-corrected chi connectivity index (χ0v) is 13.1. The van der Waals surface area contributed by atoms with Gasteiger partial charge in [-0.2, -0.15) is 0 Å². The van der Waals surface area contributed by atoms with E-state index in [1.54, 1.807) is 0 Å². The lowest BCUT2D eigenvalue weighted by atomic mass is 9.49. The molecule has 4 bridgehead atoms. The summed E-state index contributed by atoms with van der Waals surface area (Å²) in [4.78, 5) is 15.4. The molecule has 5 aliphatic rings. The molecule has 4 saturated carbocycles. The average molecular weight is 296 g/mol. The number of nitrogens with zero attached hydrogens (tertiary/aromatic N) is 1. The Morgan fingerprint density at radius 3 is 2.10 bits per heavy atom. The van der Waals surface area contributed by atoms with Crippen molar-refractivity contribution in [3.63, 3.8) is 0 Å². The maximum Gasteiger partial charge on any atom is 0.228 e. The number of halogens is 1. The molecule has 1 aliphatic heterocycles. The second kappa shape index (κ2) is 4.63. The number of hydrogen-bond donors (Lipinski definition) is 0. The summed E-state index contributed by atoms with van der Waals surface area (Å²) in [5.74, 6) is 1.92. The Morgan fingerprint density at radius 2 is 1.55 bits per heavy atom. The number of carbonyl (C=O) groups is 1. The van der Waals surface area contributed by atoms with Gasteiger partial charge in [-0.05, 0) is 63.2 Å². The largest absolute Gasteiger partial charge is 0.342 e. The maximum absolute atomic E-state index is 13.2. The lowest BCUT2D eigenvalue weighted by Crippen LogP contribution is -2.59. The van der Waals surface area contributed by atoms with Crippen molar-refractivity contribution in [3.05, 3.63) is 0 Å². The Hall–Kier alpha value is -0.240. The first-order valence-electron chi connectivity index (χ1n) is 8.57. The standard InChI is InChI=1S/C17H26ClNO/c18-17-10-13-7-14(11-17)9-16(8-13,12-17)15(20)19-5-3-1-2-4-6-19/h13-14H,1-12H2/t13-,14-,16?,17?/m1/s1. The van der Waals surface area contributed by atoms with Gasteiger partial charge in [-0.15, -0.1) is 11.6 Å². The smallest absolute Gasteiger partial charge is 0.228 e. The normalized spacial score (nSPS) is 47.4. The molecule has 0 unspecified atom stereocenters. The average Bonchev–Trinajstić information content (AvgIpc) is 2.63. The predicted molar refractivity (Wildman–Crippen MR) is 80.7 cm³/mol. The van der Waals surface area contributed by atoms with Crippen LogP contribution in [0.3, 0.4) is 0 Å². The van der Waals surface area contributed by atoms with Crippen LogP contribution in [0.1, 0.15) is 64.2 Å². The van der Waals surface area contributed by atoms with Crippen molar-refractivity contribution >= 4 is 17.5 Å². The van der Waals surface area contributed by atoms with Crippen molar-refractivity contribution in [2.45, 2.75) is 69.1 Å². The maximum atomic E-state index is 13.2. The zero-order valence-electron chi connectivity index (χ0n) is 12.4. The summed E-state index contributed by atoms with van der Waals surface area (Å²) in [5.41, 5.74) is -0.0732. The molecule has 5 fully saturated rings. The molecule has 1 heterocycles. The van der Waals surface area contributed by atoms with Gasteiger partial charge in [0.2, 0.25) is 5.91 Å². The summed E-state index contributed by atoms with van der Waals surface area (Å²) in [6, 6.07) is 0. The Kier molecular flexibility index (Phi) is 3.11. The highest BCUT2D eigenvalue weighted by atomic mass is 35.5. The highest BCUT2D eigenvalue weighted by Crippen LogP contribution is 2.64. The van der Waals surface area contributed by atoms with E-state index in [0.717, 1.165) is 44.2 Å². The second-order valence-electron chi connectivity index (χ2n) is 8.10. The molecule has 0 spiro atoms. The Bertz CT molecular complexity index is 399. The number of alkyl halides is 1. The van der Waals surface area contributed by atoms with Crippen LogP contribution in [0, 0.1) is 17.3 Å². The van der Waals surface area contributed by atoms with Gasteiger partial charge >= 0.3 is 0 Å². The third kappa shape index (κ3) is 2.10. The minimum atomic E-state index is -0.0732. The Morgan fingerprint density at radius 1 is 0.950 bits per heavy atom. The van der Waals surface area contributed by atoms with Crippen LogP contribution < -0.4 is 0 Å². The second-order valence-corrected chi connectivity index (χ2v) is 8.90. The molecular weight excluding hydrogens is 270 g/mol. The summed E-state index contributed by atoms with van der Waals surface area (Å²) >= 11 is 6.86. The van der Waals surface area contributed by atoms with Gasteiger partial charge in [0.25, 0.3) is 0 Å². The lowest BCUT2D eigenvalue weighted by molar-refractivity contribution is -0.156. The highest BCUT2D eigenvalue weighted by molar-refractivity contribution is 6.24. The van der Waals surface area contributed by atoms with Gasteiger partial charge in [0.15, 0.2) is 0 Å². The number of likely N-dealkylation sites (tertiary alicyclic amines) is 1. The predicted octanol–water partition coefficient (Wildman–Crippen LogP) is 3.97. The van der Waals surface area contributed by atoms with Gasteiger partial charge in [-0.3, -0.25) is 4.79 Å². The zero-order chi connectivity index (χ0) is 13.8. The SMILES string of the molecule is O=C(N1CCCCCC1)C12C[C@H]3C[C@@H](CC(Cl)(C3)C1)C2. The van der Waals surface area contributed by atoms with Gasteiger partial charge < -0.3 is 4.90 Å². The van der Waals surface area contributed by atoms with E-state index in [4.69, 9.17) is 11.6 Å². The van der Waals surface area contributed by atoms with Crippen molar-refractivity contribution in [1.29, 1.82) is 0 Å². The van der Waals surface area contributed by atoms with Gasteiger partial charge in [0.05, 0.1) is 5.41 Å². The fourth-order valence-electron chi connectivity index (χ4n) is 6.01. The fraction of sp³-hybridized carbons (Fsp3) is 0.941. The van der Waals surface area contributed by atoms with Crippen molar-refractivity contribution in [2.24, 2.45) is 17.3 Å². The molecule has 2 atom stereocenters. The van der Waals surface area contributed by atoms with Crippen LogP contribution in [0.2, 0.25) is 0 Å². The summed E-state index contributed by atoms with van der Waals surface area (Å²) < 4.78 is 0. The van der Waals surface area contributed by atoms with E-state index >= 15 is 0 Å². The van der Waals surface area contributed by atoms with Crippen LogP contribution >= 0.6 is 11.6 Å². The molecule has 20 heavy (non-hydrogen) atoms. The van der Waals surface area contributed by atoms with Crippen molar-refractivity contribution in [2.75, 3.05) is 13.1 Å². The van der Waals surface area contributed by atoms with Gasteiger partial charge in [0.1, 0.15) is 0 Å². The molecule has 1 saturated heterocycles. The molecule has 0 aromatic rings. The summed E-state index contributed by atoms with van der Waals surface area (Å²) in [5, 5.41) is 0. The number of amides is 1. The summed E-state index contributed by atoms with van der Waals surface area (Å²) in [6.07, 6.45) is 11.9. The molecule has 3 heteroatoms. The van der Waals surface area contributed by atoms with Gasteiger partial charge in [-0.1, -0.05) is 12.8 Å². The van der Waals surface area contributed by atoms with E-state index in [1.807, 2.05) is 0 Å². The first kappa shape index (κ1) is 13.4. The molecule has 5 rings (SSSR count). The third-order valence-electron chi connectivity index (χ3n) is 6.34. The molecule has 0 aromatic carbocycles. The minimum Gasteiger partial charge on any atom is -0.342 e. The van der Waals surface area contributed by atoms with Crippen LogP contribution in [0.25, 0.3) is 0 Å². The summed E-state index contributed by atoms with van der Waals surface area (Å²) in [7, 11) is 0. The molecule has 0 N–H and O–H groups in total. The van der Waals surface area contributed by atoms with E-state index in [-0.39, 0.29) is 10.3 Å². The van der Waals surface area contributed by atoms with Crippen LogP contribution in [0.4, 0.5) is 0 Å². The number of carbonyl (C=O) groups excluding carboxylic acids is 1. The Labute approximate surface area is 127 Å². The van der Waals surface area contributed by atoms with Gasteiger partial charge in [0, 0.05) is 18.0 Å². The van der Waals surface area contributed by atoms with Crippen LogP contribution in [-0.2, 0) is 4.79 Å². The molecule has 2 nitrogen and oxygen atoms in total. The molecule has 1 amide bonds. The van der Waals surface area contributed by atoms with E-state index in [9.17, 15) is 4.79 Å². The fourth-order valence-corrected chi connectivity index (χ4v) is 6.70. The van der Waals surface area contributed by atoms with Crippen LogP contribution in [-0.4, -0.2) is 28.8 Å². The van der Waals surface area contributed by atoms with Gasteiger partial charge in [-0.25, -0.2) is 0 Å². The van der Waals surface area contributed by atoms with E-state index in [0.29, 0.717) is 5.91 Å². The Balaban J connectivity index is 1.58. The highest BCUT2D eigenvalue weighted by Gasteiger charge is 2.60. The minimum absolute atomic E-state index is 0.0361. The number of rotatable bonds is 1. The van der Waals surface area contributed by atoms with E-state index in [2.05, 4.69) is 4.90 Å². The van der Waals surface area contributed by atoms with E-state index in [1.165, 1.54) is 44.9 Å². The molecule has 0 radical (unpaired) electrons. The molecule has 0 aromatic heterocycles. The monoisotopic (exact) mass is 295 g/mol. The summed E-state index contributed by atoms with van der Waals surface area (Å²) in [6.45, 7) is 1.98. The molecule has 112 valence electrons. The third-order valence-corrected chi connectivity index (χ3v) is 6.78.